The number of thiazole rings is 1. The lowest BCUT2D eigenvalue weighted by Gasteiger charge is -2.20. The third-order valence-electron chi connectivity index (χ3n) is 3.67. The summed E-state index contributed by atoms with van der Waals surface area (Å²) in [4.78, 5) is 17.7. The Hall–Kier alpha value is -2.09. The highest BCUT2D eigenvalue weighted by molar-refractivity contribution is 7.20. The van der Waals surface area contributed by atoms with Gasteiger partial charge < -0.3 is 14.2 Å². The standard InChI is InChI=1S/C18H14ClNO4S2/c19-13-6-11(7-14-17(13)23-4-3-22-14)9-24-16(21)8-12-10-26-18(20-12)15-2-1-5-25-15/h1-2,5-7,10H,3-4,8-9H2. The molecular formula is C18H14ClNO4S2. The van der Waals surface area contributed by atoms with E-state index in [2.05, 4.69) is 4.98 Å². The largest absolute Gasteiger partial charge is 0.486 e. The Morgan fingerprint density at radius 2 is 2.15 bits per heavy atom. The minimum absolute atomic E-state index is 0.122. The maximum atomic E-state index is 12.1. The van der Waals surface area contributed by atoms with E-state index < -0.39 is 0 Å². The number of hydrogen-bond donors (Lipinski definition) is 0. The van der Waals surface area contributed by atoms with Crippen molar-refractivity contribution < 1.29 is 19.0 Å². The fourth-order valence-electron chi connectivity index (χ4n) is 2.51. The minimum atomic E-state index is -0.334. The Morgan fingerprint density at radius 1 is 1.27 bits per heavy atom. The molecule has 0 aliphatic carbocycles. The Morgan fingerprint density at radius 3 is 3.00 bits per heavy atom. The lowest BCUT2D eigenvalue weighted by Crippen LogP contribution is -2.16. The number of esters is 1. The number of benzene rings is 1. The average molecular weight is 408 g/mol. The van der Waals surface area contributed by atoms with E-state index in [1.54, 1.807) is 23.5 Å². The van der Waals surface area contributed by atoms with Crippen LogP contribution in [0.25, 0.3) is 9.88 Å². The molecule has 0 saturated carbocycles. The first kappa shape index (κ1) is 17.3. The summed E-state index contributed by atoms with van der Waals surface area (Å²) in [5.74, 6) is 0.783. The molecule has 0 fully saturated rings. The number of hydrogen-bond acceptors (Lipinski definition) is 7. The van der Waals surface area contributed by atoms with E-state index >= 15 is 0 Å². The molecule has 5 nitrogen and oxygen atoms in total. The number of aromatic nitrogens is 1. The van der Waals surface area contributed by atoms with Gasteiger partial charge >= 0.3 is 5.97 Å². The van der Waals surface area contributed by atoms with Crippen LogP contribution < -0.4 is 9.47 Å². The summed E-state index contributed by atoms with van der Waals surface area (Å²) in [7, 11) is 0. The molecule has 0 bridgehead atoms. The molecular weight excluding hydrogens is 394 g/mol. The quantitative estimate of drug-likeness (QED) is 0.579. The van der Waals surface area contributed by atoms with Gasteiger partial charge in [-0.1, -0.05) is 17.7 Å². The predicted octanol–water partition coefficient (Wildman–Crippen LogP) is 4.58. The molecule has 0 saturated heterocycles. The highest BCUT2D eigenvalue weighted by atomic mass is 35.5. The number of carbonyl (C=O) groups is 1. The molecule has 3 heterocycles. The molecule has 2 aromatic heterocycles. The zero-order chi connectivity index (χ0) is 17.9. The molecule has 1 aromatic carbocycles. The maximum Gasteiger partial charge on any atom is 0.312 e. The van der Waals surface area contributed by atoms with Crippen molar-refractivity contribution in [2.24, 2.45) is 0 Å². The van der Waals surface area contributed by atoms with Crippen LogP contribution in [-0.4, -0.2) is 24.2 Å². The van der Waals surface area contributed by atoms with Crippen molar-refractivity contribution in [3.8, 4) is 21.4 Å². The Kier molecular flexibility index (Phi) is 5.10. The summed E-state index contributed by atoms with van der Waals surface area (Å²) in [6, 6.07) is 7.50. The molecule has 3 aromatic rings. The van der Waals surface area contributed by atoms with Crippen LogP contribution in [0.3, 0.4) is 0 Å². The summed E-state index contributed by atoms with van der Waals surface area (Å²) >= 11 is 9.34. The van der Waals surface area contributed by atoms with Crippen molar-refractivity contribution in [1.29, 1.82) is 0 Å². The van der Waals surface area contributed by atoms with Gasteiger partial charge in [0.2, 0.25) is 0 Å². The fraction of sp³-hybridized carbons (Fsp3) is 0.222. The molecule has 0 atom stereocenters. The van der Waals surface area contributed by atoms with Gasteiger partial charge in [-0.2, -0.15) is 0 Å². The smallest absolute Gasteiger partial charge is 0.312 e. The van der Waals surface area contributed by atoms with Gasteiger partial charge in [0.25, 0.3) is 0 Å². The van der Waals surface area contributed by atoms with Gasteiger partial charge in [0.05, 0.1) is 22.0 Å². The molecule has 0 amide bonds. The van der Waals surface area contributed by atoms with E-state index in [1.807, 2.05) is 22.9 Å². The van der Waals surface area contributed by atoms with Gasteiger partial charge in [-0.25, -0.2) is 4.98 Å². The lowest BCUT2D eigenvalue weighted by atomic mass is 10.2. The molecule has 134 valence electrons. The first-order chi connectivity index (χ1) is 12.7. The normalized spacial score (nSPS) is 12.8. The maximum absolute atomic E-state index is 12.1. The first-order valence-electron chi connectivity index (χ1n) is 7.91. The third kappa shape index (κ3) is 3.85. The van der Waals surface area contributed by atoms with Gasteiger partial charge in [-0.3, -0.25) is 4.79 Å². The number of thiophene rings is 1. The van der Waals surface area contributed by atoms with Crippen LogP contribution in [0.1, 0.15) is 11.3 Å². The summed E-state index contributed by atoms with van der Waals surface area (Å²) in [5.41, 5.74) is 1.47. The van der Waals surface area contributed by atoms with Crippen LogP contribution in [0.15, 0.2) is 35.0 Å². The zero-order valence-corrected chi connectivity index (χ0v) is 16.0. The highest BCUT2D eigenvalue weighted by Crippen LogP contribution is 2.38. The summed E-state index contributed by atoms with van der Waals surface area (Å²) < 4.78 is 16.4. The van der Waals surface area contributed by atoms with Crippen molar-refractivity contribution >= 4 is 40.2 Å². The van der Waals surface area contributed by atoms with E-state index in [9.17, 15) is 4.79 Å². The van der Waals surface area contributed by atoms with Crippen molar-refractivity contribution in [1.82, 2.24) is 4.98 Å². The number of carbonyl (C=O) groups excluding carboxylic acids is 1. The predicted molar refractivity (Wildman–Crippen MR) is 101 cm³/mol. The highest BCUT2D eigenvalue weighted by Gasteiger charge is 2.17. The molecule has 26 heavy (non-hydrogen) atoms. The second-order valence-electron chi connectivity index (χ2n) is 5.56. The number of nitrogens with zero attached hydrogens (tertiary/aromatic N) is 1. The van der Waals surface area contributed by atoms with Crippen LogP contribution in [0.4, 0.5) is 0 Å². The van der Waals surface area contributed by atoms with E-state index in [-0.39, 0.29) is 19.0 Å². The van der Waals surface area contributed by atoms with Gasteiger partial charge in [0.15, 0.2) is 11.5 Å². The molecule has 0 N–H and O–H groups in total. The minimum Gasteiger partial charge on any atom is -0.486 e. The van der Waals surface area contributed by atoms with E-state index in [1.165, 1.54) is 11.3 Å². The topological polar surface area (TPSA) is 57.7 Å². The lowest BCUT2D eigenvalue weighted by molar-refractivity contribution is -0.144. The zero-order valence-electron chi connectivity index (χ0n) is 13.6. The van der Waals surface area contributed by atoms with Crippen molar-refractivity contribution in [3.63, 3.8) is 0 Å². The van der Waals surface area contributed by atoms with E-state index in [4.69, 9.17) is 25.8 Å². The monoisotopic (exact) mass is 407 g/mol. The SMILES string of the molecule is O=C(Cc1csc(-c2cccs2)n1)OCc1cc(Cl)c2c(c1)OCCO2. The second kappa shape index (κ2) is 7.65. The number of rotatable bonds is 5. The summed E-state index contributed by atoms with van der Waals surface area (Å²) in [5, 5.41) is 5.26. The molecule has 1 aliphatic rings. The summed E-state index contributed by atoms with van der Waals surface area (Å²) in [6.45, 7) is 1.07. The first-order valence-corrected chi connectivity index (χ1v) is 10.0. The van der Waals surface area contributed by atoms with Crippen LogP contribution in [0, 0.1) is 0 Å². The number of halogens is 1. The summed E-state index contributed by atoms with van der Waals surface area (Å²) in [6.07, 6.45) is 0.139. The molecule has 4 rings (SSSR count). The van der Waals surface area contributed by atoms with E-state index in [0.717, 1.165) is 15.4 Å². The van der Waals surface area contributed by atoms with Gasteiger partial charge in [0.1, 0.15) is 24.8 Å². The van der Waals surface area contributed by atoms with Crippen LogP contribution in [-0.2, 0) is 22.6 Å². The molecule has 8 heteroatoms. The Balaban J connectivity index is 1.36. The molecule has 1 aliphatic heterocycles. The number of fused-ring (bicyclic) bond motifs is 1. The van der Waals surface area contributed by atoms with Crippen molar-refractivity contribution in [3.05, 3.63) is 51.3 Å². The molecule has 0 radical (unpaired) electrons. The molecule has 0 unspecified atom stereocenters. The van der Waals surface area contributed by atoms with Crippen molar-refractivity contribution in [2.75, 3.05) is 13.2 Å². The van der Waals surface area contributed by atoms with Crippen LogP contribution >= 0.6 is 34.3 Å². The third-order valence-corrected chi connectivity index (χ3v) is 5.88. The number of ether oxygens (including phenoxy) is 3. The van der Waals surface area contributed by atoms with E-state index in [0.29, 0.717) is 35.4 Å². The second-order valence-corrected chi connectivity index (χ2v) is 7.77. The van der Waals surface area contributed by atoms with Crippen LogP contribution in [0.5, 0.6) is 11.5 Å². The van der Waals surface area contributed by atoms with Gasteiger partial charge in [-0.05, 0) is 29.1 Å². The van der Waals surface area contributed by atoms with Gasteiger partial charge in [-0.15, -0.1) is 22.7 Å². The molecule has 0 spiro atoms. The van der Waals surface area contributed by atoms with Gasteiger partial charge in [0, 0.05) is 5.38 Å². The Labute approximate surface area is 163 Å². The average Bonchev–Trinajstić information content (AvgIpc) is 3.31. The van der Waals surface area contributed by atoms with Crippen LogP contribution in [0.2, 0.25) is 5.02 Å². The fourth-order valence-corrected chi connectivity index (χ4v) is 4.43. The van der Waals surface area contributed by atoms with Crippen molar-refractivity contribution in [2.45, 2.75) is 13.0 Å². The Bertz CT molecular complexity index is 923.